The lowest BCUT2D eigenvalue weighted by Crippen LogP contribution is -2.52. The summed E-state index contributed by atoms with van der Waals surface area (Å²) in [6, 6.07) is 0. The van der Waals surface area contributed by atoms with Gasteiger partial charge < -0.3 is 4.90 Å². The molecule has 2 heterocycles. The largest absolute Gasteiger partial charge is 0.303 e. The van der Waals surface area contributed by atoms with Gasteiger partial charge >= 0.3 is 0 Å². The third-order valence-electron chi connectivity index (χ3n) is 4.20. The van der Waals surface area contributed by atoms with E-state index in [1.165, 1.54) is 19.3 Å². The maximum atomic E-state index is 14.0. The van der Waals surface area contributed by atoms with Gasteiger partial charge in [-0.25, -0.2) is 8.78 Å². The van der Waals surface area contributed by atoms with E-state index in [4.69, 9.17) is 0 Å². The van der Waals surface area contributed by atoms with E-state index in [1.54, 1.807) is 0 Å². The van der Waals surface area contributed by atoms with Crippen molar-refractivity contribution >= 4 is 0 Å². The van der Waals surface area contributed by atoms with Crippen LogP contribution in [0.3, 0.4) is 0 Å². The van der Waals surface area contributed by atoms with E-state index in [9.17, 15) is 8.78 Å². The molecular formula is C13H24F2N2. The quantitative estimate of drug-likeness (QED) is 0.754. The Bertz CT molecular complexity index is 240. The summed E-state index contributed by atoms with van der Waals surface area (Å²) < 4.78 is 28.0. The molecule has 0 bridgehead atoms. The lowest BCUT2D eigenvalue weighted by Gasteiger charge is -2.40. The molecule has 0 aromatic carbocycles. The van der Waals surface area contributed by atoms with Crippen molar-refractivity contribution < 1.29 is 8.78 Å². The van der Waals surface area contributed by atoms with Gasteiger partial charge in [-0.3, -0.25) is 4.90 Å². The average Bonchev–Trinajstić information content (AvgIpc) is 2.33. The smallest absolute Gasteiger partial charge is 0.264 e. The molecule has 0 N–H and O–H groups in total. The SMILES string of the molecule is CCN1CCC(CN2CCCCC2)C(F)(F)C1. The van der Waals surface area contributed by atoms with Crippen LogP contribution in [0.1, 0.15) is 32.6 Å². The van der Waals surface area contributed by atoms with Gasteiger partial charge in [0, 0.05) is 12.5 Å². The second-order valence-corrected chi connectivity index (χ2v) is 5.48. The summed E-state index contributed by atoms with van der Waals surface area (Å²) in [5.74, 6) is -2.92. The van der Waals surface area contributed by atoms with E-state index in [0.29, 0.717) is 13.0 Å². The van der Waals surface area contributed by atoms with Gasteiger partial charge in [0.25, 0.3) is 5.92 Å². The highest BCUT2D eigenvalue weighted by molar-refractivity contribution is 4.88. The molecule has 1 unspecified atom stereocenters. The van der Waals surface area contributed by atoms with Crippen LogP contribution in [-0.2, 0) is 0 Å². The van der Waals surface area contributed by atoms with Crippen LogP contribution in [0.2, 0.25) is 0 Å². The lowest BCUT2D eigenvalue weighted by atomic mass is 9.91. The van der Waals surface area contributed by atoms with Crippen LogP contribution < -0.4 is 0 Å². The molecule has 2 aliphatic rings. The Labute approximate surface area is 103 Å². The van der Waals surface area contributed by atoms with E-state index in [0.717, 1.165) is 26.2 Å². The van der Waals surface area contributed by atoms with Gasteiger partial charge in [0.15, 0.2) is 0 Å². The molecule has 2 aliphatic heterocycles. The molecule has 0 aromatic rings. The van der Waals surface area contributed by atoms with Gasteiger partial charge in [0.05, 0.1) is 6.54 Å². The molecule has 0 saturated carbocycles. The van der Waals surface area contributed by atoms with Crippen LogP contribution in [0, 0.1) is 5.92 Å². The molecule has 0 spiro atoms. The number of likely N-dealkylation sites (tertiary alicyclic amines) is 2. The summed E-state index contributed by atoms with van der Waals surface area (Å²) in [5.41, 5.74) is 0. The van der Waals surface area contributed by atoms with Gasteiger partial charge in [-0.05, 0) is 45.4 Å². The minimum atomic E-state index is -2.49. The molecule has 0 aliphatic carbocycles. The number of halogens is 2. The highest BCUT2D eigenvalue weighted by atomic mass is 19.3. The zero-order valence-electron chi connectivity index (χ0n) is 10.8. The molecule has 2 nitrogen and oxygen atoms in total. The number of hydrogen-bond acceptors (Lipinski definition) is 2. The van der Waals surface area contributed by atoms with Crippen molar-refractivity contribution in [1.82, 2.24) is 9.80 Å². The monoisotopic (exact) mass is 246 g/mol. The molecule has 0 aromatic heterocycles. The number of hydrogen-bond donors (Lipinski definition) is 0. The van der Waals surface area contributed by atoms with Crippen molar-refractivity contribution in [2.45, 2.75) is 38.5 Å². The summed E-state index contributed by atoms with van der Waals surface area (Å²) in [7, 11) is 0. The number of nitrogens with zero attached hydrogens (tertiary/aromatic N) is 2. The lowest BCUT2D eigenvalue weighted by molar-refractivity contribution is -0.118. The van der Waals surface area contributed by atoms with Crippen molar-refractivity contribution in [3.8, 4) is 0 Å². The predicted octanol–water partition coefficient (Wildman–Crippen LogP) is 2.45. The molecule has 0 radical (unpaired) electrons. The molecule has 4 heteroatoms. The van der Waals surface area contributed by atoms with Crippen LogP contribution in [0.25, 0.3) is 0 Å². The Kier molecular flexibility index (Phi) is 4.36. The van der Waals surface area contributed by atoms with E-state index < -0.39 is 11.8 Å². The van der Waals surface area contributed by atoms with Crippen LogP contribution in [0.15, 0.2) is 0 Å². The maximum Gasteiger partial charge on any atom is 0.264 e. The van der Waals surface area contributed by atoms with Crippen molar-refractivity contribution in [3.63, 3.8) is 0 Å². The second-order valence-electron chi connectivity index (χ2n) is 5.48. The van der Waals surface area contributed by atoms with Gasteiger partial charge in [-0.1, -0.05) is 13.3 Å². The summed E-state index contributed by atoms with van der Waals surface area (Å²) in [6.07, 6.45) is 4.28. The van der Waals surface area contributed by atoms with Gasteiger partial charge in [-0.2, -0.15) is 0 Å². The van der Waals surface area contributed by atoms with Crippen LogP contribution in [0.4, 0.5) is 8.78 Å². The summed E-state index contributed by atoms with van der Waals surface area (Å²) in [5, 5.41) is 0. The first-order valence-corrected chi connectivity index (χ1v) is 6.94. The Hall–Kier alpha value is -0.220. The fraction of sp³-hybridized carbons (Fsp3) is 1.00. The van der Waals surface area contributed by atoms with E-state index in [-0.39, 0.29) is 6.54 Å². The zero-order valence-corrected chi connectivity index (χ0v) is 10.8. The number of rotatable bonds is 3. The van der Waals surface area contributed by atoms with Crippen molar-refractivity contribution in [3.05, 3.63) is 0 Å². The van der Waals surface area contributed by atoms with Gasteiger partial charge in [-0.15, -0.1) is 0 Å². The van der Waals surface area contributed by atoms with Gasteiger partial charge in [0.2, 0.25) is 0 Å². The predicted molar refractivity (Wildman–Crippen MR) is 65.5 cm³/mol. The Morgan fingerprint density at radius 1 is 1.06 bits per heavy atom. The molecule has 2 fully saturated rings. The Morgan fingerprint density at radius 2 is 1.76 bits per heavy atom. The second kappa shape index (κ2) is 5.61. The minimum absolute atomic E-state index is 0.0397. The molecule has 100 valence electrons. The van der Waals surface area contributed by atoms with Crippen LogP contribution >= 0.6 is 0 Å². The third kappa shape index (κ3) is 3.38. The zero-order chi connectivity index (χ0) is 12.3. The first-order valence-electron chi connectivity index (χ1n) is 6.94. The van der Waals surface area contributed by atoms with Gasteiger partial charge in [0.1, 0.15) is 0 Å². The number of alkyl halides is 2. The van der Waals surface area contributed by atoms with Crippen molar-refractivity contribution in [2.24, 2.45) is 5.92 Å². The summed E-state index contributed by atoms with van der Waals surface area (Å²) in [4.78, 5) is 4.11. The molecule has 17 heavy (non-hydrogen) atoms. The van der Waals surface area contributed by atoms with Crippen LogP contribution in [0.5, 0.6) is 0 Å². The molecule has 2 rings (SSSR count). The van der Waals surface area contributed by atoms with E-state index in [2.05, 4.69) is 4.90 Å². The minimum Gasteiger partial charge on any atom is -0.303 e. The average molecular weight is 246 g/mol. The topological polar surface area (TPSA) is 6.48 Å². The molecule has 0 amide bonds. The maximum absolute atomic E-state index is 14.0. The number of piperidine rings is 2. The van der Waals surface area contributed by atoms with E-state index in [1.807, 2.05) is 11.8 Å². The van der Waals surface area contributed by atoms with Crippen LogP contribution in [-0.4, -0.2) is 55.0 Å². The Morgan fingerprint density at radius 3 is 2.35 bits per heavy atom. The molecule has 2 saturated heterocycles. The first-order chi connectivity index (χ1) is 8.12. The standard InChI is InChI=1S/C13H24F2N2/c1-2-16-9-6-12(13(14,15)11-16)10-17-7-4-3-5-8-17/h12H,2-11H2,1H3. The highest BCUT2D eigenvalue weighted by Gasteiger charge is 2.44. The normalized spacial score (nSPS) is 31.6. The fourth-order valence-corrected chi connectivity index (χ4v) is 3.00. The summed E-state index contributed by atoms with van der Waals surface area (Å²) in [6.45, 7) is 6.14. The summed E-state index contributed by atoms with van der Waals surface area (Å²) >= 11 is 0. The third-order valence-corrected chi connectivity index (χ3v) is 4.20. The first kappa shape index (κ1) is 13.2. The van der Waals surface area contributed by atoms with E-state index >= 15 is 0 Å². The van der Waals surface area contributed by atoms with Crippen molar-refractivity contribution in [2.75, 3.05) is 39.3 Å². The fourth-order valence-electron chi connectivity index (χ4n) is 3.00. The Balaban J connectivity index is 1.87. The molecule has 1 atom stereocenters. The molecular weight excluding hydrogens is 222 g/mol. The highest BCUT2D eigenvalue weighted by Crippen LogP contribution is 2.33. The van der Waals surface area contributed by atoms with Crippen molar-refractivity contribution in [1.29, 1.82) is 0 Å².